The van der Waals surface area contributed by atoms with Crippen molar-refractivity contribution < 1.29 is 19.5 Å². The van der Waals surface area contributed by atoms with Gasteiger partial charge in [0.2, 0.25) is 0 Å². The molecule has 1 aliphatic heterocycles. The Balaban J connectivity index is 1.62. The lowest BCUT2D eigenvalue weighted by Gasteiger charge is -2.35. The number of pyridine rings is 1. The number of rotatable bonds is 5. The predicted octanol–water partition coefficient (Wildman–Crippen LogP) is 3.80. The van der Waals surface area contributed by atoms with E-state index in [2.05, 4.69) is 4.98 Å². The van der Waals surface area contributed by atoms with Crippen molar-refractivity contribution in [1.82, 2.24) is 9.88 Å². The van der Waals surface area contributed by atoms with Crippen molar-refractivity contribution in [2.45, 2.75) is 44.6 Å². The number of carbonyl (C=O) groups excluding carboxylic acids is 2. The Morgan fingerprint density at radius 3 is 2.58 bits per heavy atom. The highest BCUT2D eigenvalue weighted by Gasteiger charge is 2.37. The molecular weight excluding hydrogens is 416 g/mol. The molecule has 0 bridgehead atoms. The molecule has 1 aromatic heterocycles. The number of halogens is 1. The topological polar surface area (TPSA) is 87.6 Å². The summed E-state index contributed by atoms with van der Waals surface area (Å²) in [6, 6.07) is 10.0. The number of carboxylic acid groups (broad SMARTS) is 1. The number of aliphatic carboxylic acids is 1. The summed E-state index contributed by atoms with van der Waals surface area (Å²) in [4.78, 5) is 44.2. The molecule has 2 aromatic rings. The molecule has 0 spiro atoms. The highest BCUT2D eigenvalue weighted by molar-refractivity contribution is 6.30. The average molecular weight is 441 g/mol. The Bertz CT molecular complexity index is 986. The molecule has 1 aromatic carbocycles. The van der Waals surface area contributed by atoms with Crippen molar-refractivity contribution in [3.8, 4) is 0 Å². The van der Waals surface area contributed by atoms with Crippen LogP contribution in [0.25, 0.3) is 0 Å². The maximum absolute atomic E-state index is 13.6. The van der Waals surface area contributed by atoms with Gasteiger partial charge in [0.25, 0.3) is 5.91 Å². The van der Waals surface area contributed by atoms with Crippen LogP contribution in [0.3, 0.4) is 0 Å². The first-order chi connectivity index (χ1) is 14.9. The Kier molecular flexibility index (Phi) is 6.37. The number of amides is 1. The van der Waals surface area contributed by atoms with Crippen molar-refractivity contribution in [2.75, 3.05) is 6.54 Å². The lowest BCUT2D eigenvalue weighted by atomic mass is 9.81. The smallest absolute Gasteiger partial charge is 0.306 e. The third-order valence-corrected chi connectivity index (χ3v) is 6.69. The molecule has 1 fully saturated rings. The fourth-order valence-electron chi connectivity index (χ4n) is 4.71. The molecule has 7 heteroatoms. The molecule has 4 rings (SSSR count). The first-order valence-corrected chi connectivity index (χ1v) is 11.0. The van der Waals surface area contributed by atoms with Gasteiger partial charge in [-0.25, -0.2) is 0 Å². The van der Waals surface area contributed by atoms with Crippen molar-refractivity contribution in [2.24, 2.45) is 11.8 Å². The maximum atomic E-state index is 13.6. The third-order valence-electron chi connectivity index (χ3n) is 6.45. The number of carboxylic acids is 1. The van der Waals surface area contributed by atoms with Crippen molar-refractivity contribution in [1.29, 1.82) is 0 Å². The Labute approximate surface area is 186 Å². The minimum atomic E-state index is -0.752. The zero-order chi connectivity index (χ0) is 22.0. The third kappa shape index (κ3) is 4.79. The van der Waals surface area contributed by atoms with E-state index in [1.54, 1.807) is 29.3 Å². The molecule has 162 valence electrons. The van der Waals surface area contributed by atoms with E-state index in [0.29, 0.717) is 42.0 Å². The minimum absolute atomic E-state index is 0.0285. The van der Waals surface area contributed by atoms with Gasteiger partial charge in [-0.15, -0.1) is 0 Å². The van der Waals surface area contributed by atoms with Gasteiger partial charge in [-0.1, -0.05) is 17.7 Å². The van der Waals surface area contributed by atoms with Gasteiger partial charge in [0.1, 0.15) is 0 Å². The van der Waals surface area contributed by atoms with Crippen molar-refractivity contribution in [3.63, 3.8) is 0 Å². The van der Waals surface area contributed by atoms with Gasteiger partial charge in [-0.2, -0.15) is 0 Å². The van der Waals surface area contributed by atoms with E-state index in [-0.39, 0.29) is 29.9 Å². The molecule has 6 nitrogen and oxygen atoms in total. The van der Waals surface area contributed by atoms with Gasteiger partial charge in [-0.3, -0.25) is 19.4 Å². The van der Waals surface area contributed by atoms with E-state index in [1.807, 2.05) is 18.2 Å². The summed E-state index contributed by atoms with van der Waals surface area (Å²) in [7, 11) is 0. The predicted molar refractivity (Wildman–Crippen MR) is 116 cm³/mol. The highest BCUT2D eigenvalue weighted by atomic mass is 35.5. The second-order valence-electron chi connectivity index (χ2n) is 8.50. The highest BCUT2D eigenvalue weighted by Crippen LogP contribution is 2.32. The normalized spacial score (nSPS) is 23.9. The van der Waals surface area contributed by atoms with Crippen LogP contribution in [0, 0.1) is 11.8 Å². The second kappa shape index (κ2) is 9.18. The summed E-state index contributed by atoms with van der Waals surface area (Å²) in [6.45, 7) is 0.441. The molecule has 0 radical (unpaired) electrons. The minimum Gasteiger partial charge on any atom is -0.481 e. The van der Waals surface area contributed by atoms with Crippen LogP contribution in [-0.2, 0) is 22.4 Å². The molecule has 0 saturated heterocycles. The molecule has 1 aliphatic carbocycles. The molecule has 0 unspecified atom stereocenters. The van der Waals surface area contributed by atoms with Crippen LogP contribution >= 0.6 is 11.6 Å². The summed E-state index contributed by atoms with van der Waals surface area (Å²) >= 11 is 6.13. The lowest BCUT2D eigenvalue weighted by Crippen LogP contribution is -2.48. The van der Waals surface area contributed by atoms with E-state index in [1.165, 1.54) is 0 Å². The molecule has 2 heterocycles. The standard InChI is InChI=1S/C24H25ClN2O4/c25-18-8-9-20-17(11-18)12-22(28)21(13-19-3-1-2-10-26-19)27(23(20)29)14-15-4-6-16(7-5-15)24(30)31/h1-3,8-11,15-16,21H,4-7,12-14H2,(H,30,31)/t15?,16?,21-/m1/s1. The van der Waals surface area contributed by atoms with Crippen LogP contribution in [-0.4, -0.2) is 45.2 Å². The van der Waals surface area contributed by atoms with Crippen molar-refractivity contribution >= 4 is 29.3 Å². The van der Waals surface area contributed by atoms with Crippen LogP contribution in [0.4, 0.5) is 0 Å². The van der Waals surface area contributed by atoms with E-state index in [9.17, 15) is 19.5 Å². The number of benzene rings is 1. The molecular formula is C24H25ClN2O4. The van der Waals surface area contributed by atoms with E-state index < -0.39 is 12.0 Å². The number of hydrogen-bond donors (Lipinski definition) is 1. The van der Waals surface area contributed by atoms with Crippen LogP contribution in [0.5, 0.6) is 0 Å². The van der Waals surface area contributed by atoms with Crippen LogP contribution in [0.2, 0.25) is 5.02 Å². The fraction of sp³-hybridized carbons (Fsp3) is 0.417. The van der Waals surface area contributed by atoms with Gasteiger partial charge >= 0.3 is 5.97 Å². The van der Waals surface area contributed by atoms with Gasteiger partial charge in [0, 0.05) is 41.9 Å². The van der Waals surface area contributed by atoms with Crippen LogP contribution < -0.4 is 0 Å². The van der Waals surface area contributed by atoms with Gasteiger partial charge < -0.3 is 10.0 Å². The van der Waals surface area contributed by atoms with E-state index in [4.69, 9.17) is 11.6 Å². The zero-order valence-corrected chi connectivity index (χ0v) is 17.9. The van der Waals surface area contributed by atoms with Gasteiger partial charge in [-0.05, 0) is 67.5 Å². The van der Waals surface area contributed by atoms with Crippen LogP contribution in [0.1, 0.15) is 47.3 Å². The SMILES string of the molecule is O=C(O)C1CCC(CN2C(=O)c3ccc(Cl)cc3CC(=O)[C@H]2Cc2ccccn2)CC1. The summed E-state index contributed by atoms with van der Waals surface area (Å²) in [6.07, 6.45) is 4.88. The lowest BCUT2D eigenvalue weighted by molar-refractivity contribution is -0.143. The van der Waals surface area contributed by atoms with E-state index >= 15 is 0 Å². The molecule has 1 saturated carbocycles. The zero-order valence-electron chi connectivity index (χ0n) is 17.2. The van der Waals surface area contributed by atoms with Gasteiger partial charge in [0.15, 0.2) is 5.78 Å². The number of Topliss-reactive ketones (excluding diaryl/α,β-unsaturated/α-hetero) is 1. The first-order valence-electron chi connectivity index (χ1n) is 10.7. The largest absolute Gasteiger partial charge is 0.481 e. The number of nitrogens with zero attached hydrogens (tertiary/aromatic N) is 2. The Morgan fingerprint density at radius 2 is 1.90 bits per heavy atom. The first kappa shape index (κ1) is 21.5. The summed E-state index contributed by atoms with van der Waals surface area (Å²) in [5.74, 6) is -1.09. The molecule has 2 aliphatic rings. The van der Waals surface area contributed by atoms with E-state index in [0.717, 1.165) is 18.5 Å². The number of fused-ring (bicyclic) bond motifs is 1. The molecule has 1 amide bonds. The van der Waals surface area contributed by atoms with Crippen molar-refractivity contribution in [3.05, 3.63) is 64.4 Å². The fourth-order valence-corrected chi connectivity index (χ4v) is 4.91. The number of hydrogen-bond acceptors (Lipinski definition) is 4. The summed E-state index contributed by atoms with van der Waals surface area (Å²) in [5, 5.41) is 9.77. The maximum Gasteiger partial charge on any atom is 0.306 e. The monoisotopic (exact) mass is 440 g/mol. The van der Waals surface area contributed by atoms with Crippen LogP contribution in [0.15, 0.2) is 42.6 Å². The second-order valence-corrected chi connectivity index (χ2v) is 8.94. The van der Waals surface area contributed by atoms with Gasteiger partial charge in [0.05, 0.1) is 12.0 Å². The number of carbonyl (C=O) groups is 3. The molecule has 31 heavy (non-hydrogen) atoms. The summed E-state index contributed by atoms with van der Waals surface area (Å²) < 4.78 is 0. The Hall–Kier alpha value is -2.73. The number of ketones is 1. The molecule has 1 atom stereocenters. The number of aromatic nitrogens is 1. The Morgan fingerprint density at radius 1 is 1.13 bits per heavy atom. The quantitative estimate of drug-likeness (QED) is 0.763. The summed E-state index contributed by atoms with van der Waals surface area (Å²) in [5.41, 5.74) is 1.93. The molecule has 1 N–H and O–H groups in total. The average Bonchev–Trinajstić information content (AvgIpc) is 2.85.